The summed E-state index contributed by atoms with van der Waals surface area (Å²) >= 11 is 0. The van der Waals surface area contributed by atoms with Crippen molar-refractivity contribution in [3.8, 4) is 0 Å². The monoisotopic (exact) mass is 211 g/mol. The summed E-state index contributed by atoms with van der Waals surface area (Å²) in [7, 11) is 0. The number of ketones is 1. The third-order valence-corrected chi connectivity index (χ3v) is 3.08. The van der Waals surface area contributed by atoms with Gasteiger partial charge in [0.05, 0.1) is 5.92 Å². The topological polar surface area (TPSA) is 72.5 Å². The van der Waals surface area contributed by atoms with E-state index in [2.05, 4.69) is 5.32 Å². The number of ether oxygens (including phenoxy) is 1. The van der Waals surface area contributed by atoms with Crippen LogP contribution in [0.25, 0.3) is 0 Å². The summed E-state index contributed by atoms with van der Waals surface area (Å²) < 4.78 is 4.88. The molecule has 2 aliphatic heterocycles. The van der Waals surface area contributed by atoms with Gasteiger partial charge in [-0.3, -0.25) is 9.59 Å². The van der Waals surface area contributed by atoms with Crippen molar-refractivity contribution in [1.82, 2.24) is 5.32 Å². The lowest BCUT2D eigenvalue weighted by molar-refractivity contribution is -0.193. The fourth-order valence-corrected chi connectivity index (χ4v) is 2.16. The number of esters is 1. The first-order valence-corrected chi connectivity index (χ1v) is 4.98. The van der Waals surface area contributed by atoms with Gasteiger partial charge in [-0.1, -0.05) is 13.8 Å². The van der Waals surface area contributed by atoms with Crippen LogP contribution in [0.2, 0.25) is 0 Å². The molecule has 82 valence electrons. The molecule has 0 saturated carbocycles. The summed E-state index contributed by atoms with van der Waals surface area (Å²) in [6.45, 7) is 5.06. The average Bonchev–Trinajstić information content (AvgIpc) is 2.37. The largest absolute Gasteiger partial charge is 0.456 e. The van der Waals surface area contributed by atoms with Crippen LogP contribution in [-0.2, 0) is 19.1 Å². The minimum absolute atomic E-state index is 0.263. The molecule has 0 aromatic carbocycles. The molecule has 1 amide bonds. The van der Waals surface area contributed by atoms with E-state index in [4.69, 9.17) is 4.74 Å². The molecule has 3 atom stereocenters. The molecule has 0 aromatic heterocycles. The van der Waals surface area contributed by atoms with E-state index >= 15 is 0 Å². The SMILES string of the molecule is CC(C)C(=O)[C@@]12NC(=O)[C@H](C)[C@@H]1OC2=O. The summed E-state index contributed by atoms with van der Waals surface area (Å²) in [5.74, 6) is -1.92. The third kappa shape index (κ3) is 1.00. The molecule has 2 rings (SSSR count). The zero-order chi connectivity index (χ0) is 11.4. The lowest BCUT2D eigenvalue weighted by atomic mass is 9.77. The highest BCUT2D eigenvalue weighted by Gasteiger charge is 2.71. The molecule has 15 heavy (non-hydrogen) atoms. The van der Waals surface area contributed by atoms with Gasteiger partial charge in [0.15, 0.2) is 11.9 Å². The molecule has 0 radical (unpaired) electrons. The first-order chi connectivity index (χ1) is 6.91. The van der Waals surface area contributed by atoms with E-state index in [9.17, 15) is 14.4 Å². The fraction of sp³-hybridized carbons (Fsp3) is 0.700. The summed E-state index contributed by atoms with van der Waals surface area (Å²) in [6, 6.07) is 0. The number of carbonyl (C=O) groups is 3. The second kappa shape index (κ2) is 2.81. The minimum Gasteiger partial charge on any atom is -0.456 e. The zero-order valence-corrected chi connectivity index (χ0v) is 8.87. The number of carbonyl (C=O) groups excluding carboxylic acids is 3. The quantitative estimate of drug-likeness (QED) is 0.500. The molecule has 2 heterocycles. The van der Waals surface area contributed by atoms with E-state index in [0.717, 1.165) is 0 Å². The van der Waals surface area contributed by atoms with Crippen molar-refractivity contribution in [1.29, 1.82) is 0 Å². The van der Waals surface area contributed by atoms with E-state index in [-0.39, 0.29) is 17.6 Å². The molecule has 2 saturated heterocycles. The van der Waals surface area contributed by atoms with Gasteiger partial charge in [-0.2, -0.15) is 0 Å². The summed E-state index contributed by atoms with van der Waals surface area (Å²) in [5.41, 5.74) is -1.38. The molecule has 2 aliphatic rings. The van der Waals surface area contributed by atoms with Gasteiger partial charge in [0.2, 0.25) is 11.4 Å². The van der Waals surface area contributed by atoms with Crippen molar-refractivity contribution >= 4 is 17.7 Å². The molecule has 5 heteroatoms. The molecular formula is C10H13NO4. The van der Waals surface area contributed by atoms with Crippen LogP contribution in [-0.4, -0.2) is 29.3 Å². The molecule has 0 bridgehead atoms. The Balaban J connectivity index is 2.38. The van der Waals surface area contributed by atoms with Crippen molar-refractivity contribution in [3.05, 3.63) is 0 Å². The molecular weight excluding hydrogens is 198 g/mol. The predicted octanol–water partition coefficient (Wildman–Crippen LogP) is -0.358. The summed E-state index contributed by atoms with van der Waals surface area (Å²) in [4.78, 5) is 34.7. The highest BCUT2D eigenvalue weighted by molar-refractivity contribution is 6.18. The average molecular weight is 211 g/mol. The second-order valence-corrected chi connectivity index (χ2v) is 4.43. The number of rotatable bonds is 2. The molecule has 0 spiro atoms. The molecule has 2 fully saturated rings. The van der Waals surface area contributed by atoms with Gasteiger partial charge < -0.3 is 10.1 Å². The second-order valence-electron chi connectivity index (χ2n) is 4.43. The van der Waals surface area contributed by atoms with Gasteiger partial charge in [-0.15, -0.1) is 0 Å². The minimum atomic E-state index is -1.38. The van der Waals surface area contributed by atoms with Gasteiger partial charge >= 0.3 is 5.97 Å². The zero-order valence-electron chi connectivity index (χ0n) is 8.87. The maximum Gasteiger partial charge on any atom is 0.344 e. The van der Waals surface area contributed by atoms with Gasteiger partial charge in [0.1, 0.15) is 0 Å². The normalized spacial score (nSPS) is 38.1. The number of fused-ring (bicyclic) bond motifs is 1. The summed E-state index contributed by atoms with van der Waals surface area (Å²) in [6.07, 6.45) is -0.618. The van der Waals surface area contributed by atoms with E-state index in [1.54, 1.807) is 20.8 Å². The predicted molar refractivity (Wildman–Crippen MR) is 49.8 cm³/mol. The number of amides is 1. The van der Waals surface area contributed by atoms with Crippen LogP contribution in [0.3, 0.4) is 0 Å². The highest BCUT2D eigenvalue weighted by Crippen LogP contribution is 2.40. The smallest absolute Gasteiger partial charge is 0.344 e. The lowest BCUT2D eigenvalue weighted by Gasteiger charge is -2.41. The Hall–Kier alpha value is -1.39. The van der Waals surface area contributed by atoms with Crippen LogP contribution in [0, 0.1) is 11.8 Å². The van der Waals surface area contributed by atoms with Crippen molar-refractivity contribution in [2.45, 2.75) is 32.4 Å². The van der Waals surface area contributed by atoms with Crippen LogP contribution >= 0.6 is 0 Å². The fourth-order valence-electron chi connectivity index (χ4n) is 2.16. The Morgan fingerprint density at radius 2 is 2.07 bits per heavy atom. The van der Waals surface area contributed by atoms with Crippen molar-refractivity contribution in [2.24, 2.45) is 11.8 Å². The van der Waals surface area contributed by atoms with Crippen molar-refractivity contribution in [2.75, 3.05) is 0 Å². The summed E-state index contributed by atoms with van der Waals surface area (Å²) in [5, 5.41) is 2.48. The highest BCUT2D eigenvalue weighted by atomic mass is 16.6. The molecule has 0 aliphatic carbocycles. The van der Waals surface area contributed by atoms with Gasteiger partial charge in [0, 0.05) is 5.92 Å². The van der Waals surface area contributed by atoms with E-state index < -0.39 is 23.5 Å². The Morgan fingerprint density at radius 3 is 2.47 bits per heavy atom. The standard InChI is InChI=1S/C10H13NO4/c1-4(2)6(12)10-7(15-9(10)14)5(3)8(13)11-10/h4-5,7H,1-3H3,(H,11,13)/t5-,7+,10-/m1/s1. The number of hydrogen-bond donors (Lipinski definition) is 1. The third-order valence-electron chi connectivity index (χ3n) is 3.08. The Morgan fingerprint density at radius 1 is 1.47 bits per heavy atom. The Bertz CT molecular complexity index is 362. The lowest BCUT2D eigenvalue weighted by Crippen LogP contribution is -2.72. The maximum absolute atomic E-state index is 11.9. The van der Waals surface area contributed by atoms with Gasteiger partial charge in [0.25, 0.3) is 0 Å². The number of hydrogen-bond acceptors (Lipinski definition) is 4. The van der Waals surface area contributed by atoms with Gasteiger partial charge in [-0.25, -0.2) is 4.79 Å². The van der Waals surface area contributed by atoms with Crippen LogP contribution in [0.15, 0.2) is 0 Å². The molecule has 0 unspecified atom stereocenters. The van der Waals surface area contributed by atoms with Crippen LogP contribution in [0.1, 0.15) is 20.8 Å². The Labute approximate surface area is 87.2 Å². The van der Waals surface area contributed by atoms with E-state index in [0.29, 0.717) is 0 Å². The maximum atomic E-state index is 11.9. The first kappa shape index (κ1) is 10.1. The van der Waals surface area contributed by atoms with Crippen LogP contribution in [0.5, 0.6) is 0 Å². The van der Waals surface area contributed by atoms with Crippen molar-refractivity contribution in [3.63, 3.8) is 0 Å². The van der Waals surface area contributed by atoms with E-state index in [1.165, 1.54) is 0 Å². The first-order valence-electron chi connectivity index (χ1n) is 4.98. The molecule has 1 N–H and O–H groups in total. The number of Topliss-reactive ketones (excluding diaryl/α,β-unsaturated/α-hetero) is 1. The Kier molecular flexibility index (Phi) is 1.90. The van der Waals surface area contributed by atoms with Crippen molar-refractivity contribution < 1.29 is 19.1 Å². The molecule has 5 nitrogen and oxygen atoms in total. The van der Waals surface area contributed by atoms with Crippen LogP contribution in [0.4, 0.5) is 0 Å². The molecule has 0 aromatic rings. The van der Waals surface area contributed by atoms with Crippen LogP contribution < -0.4 is 5.32 Å². The number of nitrogens with one attached hydrogen (secondary N) is 1. The van der Waals surface area contributed by atoms with Gasteiger partial charge in [-0.05, 0) is 6.92 Å². The van der Waals surface area contributed by atoms with E-state index in [1.807, 2.05) is 0 Å².